The average molecular weight is 460 g/mol. The largest absolute Gasteiger partial charge is 0.508 e. The second-order valence-corrected chi connectivity index (χ2v) is 6.52. The number of phenolic OH excluding ortho intramolecular Hbond substituents is 1. The summed E-state index contributed by atoms with van der Waals surface area (Å²) in [4.78, 5) is 10.9. The van der Waals surface area contributed by atoms with E-state index in [1.807, 2.05) is 26.1 Å². The highest BCUT2D eigenvalue weighted by atomic mass is 127. The van der Waals surface area contributed by atoms with Gasteiger partial charge in [-0.05, 0) is 37.5 Å². The van der Waals surface area contributed by atoms with Crippen molar-refractivity contribution >= 4 is 41.3 Å². The minimum atomic E-state index is 0. The van der Waals surface area contributed by atoms with E-state index in [1.165, 1.54) is 5.56 Å². The fourth-order valence-electron chi connectivity index (χ4n) is 2.34. The van der Waals surface area contributed by atoms with Crippen LogP contribution >= 0.6 is 35.3 Å². The van der Waals surface area contributed by atoms with E-state index in [1.54, 1.807) is 30.5 Å². The van der Waals surface area contributed by atoms with Crippen LogP contribution in [0.15, 0.2) is 34.6 Å². The Morgan fingerprint density at radius 3 is 2.62 bits per heavy atom. The van der Waals surface area contributed by atoms with Crippen LogP contribution in [0.1, 0.15) is 22.7 Å². The first-order chi connectivity index (χ1) is 11.1. The van der Waals surface area contributed by atoms with E-state index in [4.69, 9.17) is 0 Å². The fourth-order valence-corrected chi connectivity index (χ4v) is 2.94. The molecule has 0 saturated heterocycles. The Balaban J connectivity index is 0.00000288. The van der Waals surface area contributed by atoms with Crippen molar-refractivity contribution in [1.29, 1.82) is 0 Å². The molecule has 132 valence electrons. The first-order valence-electron chi connectivity index (χ1n) is 7.69. The molecule has 0 amide bonds. The van der Waals surface area contributed by atoms with Crippen LogP contribution < -0.4 is 5.32 Å². The minimum Gasteiger partial charge on any atom is -0.508 e. The number of rotatable bonds is 6. The summed E-state index contributed by atoms with van der Waals surface area (Å²) in [5.74, 6) is 1.19. The maximum atomic E-state index is 9.28. The van der Waals surface area contributed by atoms with Crippen molar-refractivity contribution in [1.82, 2.24) is 15.2 Å². The van der Waals surface area contributed by atoms with Gasteiger partial charge in [-0.15, -0.1) is 35.3 Å². The molecule has 0 radical (unpaired) electrons. The number of aliphatic imine (C=N–C) groups is 1. The van der Waals surface area contributed by atoms with E-state index < -0.39 is 0 Å². The Morgan fingerprint density at radius 1 is 1.33 bits per heavy atom. The zero-order valence-corrected chi connectivity index (χ0v) is 17.5. The van der Waals surface area contributed by atoms with Gasteiger partial charge < -0.3 is 15.3 Å². The molecule has 0 fully saturated rings. The highest BCUT2D eigenvalue weighted by Crippen LogP contribution is 2.11. The lowest BCUT2D eigenvalue weighted by atomic mass is 10.1. The molecule has 0 saturated carbocycles. The summed E-state index contributed by atoms with van der Waals surface area (Å²) in [6.07, 6.45) is 1.98. The summed E-state index contributed by atoms with van der Waals surface area (Å²) in [5, 5.41) is 15.8. The van der Waals surface area contributed by atoms with Crippen molar-refractivity contribution in [3.8, 4) is 5.75 Å². The first kappa shape index (κ1) is 20.7. The van der Waals surface area contributed by atoms with Gasteiger partial charge >= 0.3 is 0 Å². The summed E-state index contributed by atoms with van der Waals surface area (Å²) < 4.78 is 0. The summed E-state index contributed by atoms with van der Waals surface area (Å²) in [7, 11) is 3.81. The molecule has 0 spiro atoms. The van der Waals surface area contributed by atoms with Gasteiger partial charge in [-0.25, -0.2) is 4.98 Å². The number of aromatic nitrogens is 1. The average Bonchev–Trinajstić information content (AvgIpc) is 2.94. The van der Waals surface area contributed by atoms with Gasteiger partial charge in [-0.2, -0.15) is 0 Å². The van der Waals surface area contributed by atoms with Crippen LogP contribution in [0.5, 0.6) is 5.75 Å². The molecule has 1 aromatic heterocycles. The van der Waals surface area contributed by atoms with Gasteiger partial charge in [0.1, 0.15) is 5.75 Å². The molecule has 24 heavy (non-hydrogen) atoms. The number of halogens is 1. The number of guanidine groups is 1. The number of phenols is 1. The monoisotopic (exact) mass is 460 g/mol. The Kier molecular flexibility index (Phi) is 9.05. The van der Waals surface area contributed by atoms with Gasteiger partial charge in [0.2, 0.25) is 0 Å². The summed E-state index contributed by atoms with van der Waals surface area (Å²) >= 11 is 1.67. The summed E-state index contributed by atoms with van der Waals surface area (Å²) in [5.41, 5.74) is 2.30. The molecule has 0 aliphatic rings. The predicted molar refractivity (Wildman–Crippen MR) is 112 cm³/mol. The topological polar surface area (TPSA) is 60.8 Å². The van der Waals surface area contributed by atoms with Crippen molar-refractivity contribution in [2.45, 2.75) is 26.3 Å². The third kappa shape index (κ3) is 6.64. The SMILES string of the molecule is CN=C(NCCCc1ccc(O)cc1)N(C)Cc1csc(C)n1.I. The number of aryl methyl sites for hydroxylation is 2. The lowest BCUT2D eigenvalue weighted by molar-refractivity contribution is 0.469. The smallest absolute Gasteiger partial charge is 0.193 e. The van der Waals surface area contributed by atoms with Gasteiger partial charge in [-0.3, -0.25) is 4.99 Å². The van der Waals surface area contributed by atoms with Gasteiger partial charge in [0.15, 0.2) is 5.96 Å². The van der Waals surface area contributed by atoms with Crippen LogP contribution in [0.4, 0.5) is 0 Å². The second kappa shape index (κ2) is 10.5. The van der Waals surface area contributed by atoms with E-state index in [-0.39, 0.29) is 24.0 Å². The zero-order valence-electron chi connectivity index (χ0n) is 14.3. The maximum Gasteiger partial charge on any atom is 0.193 e. The normalized spacial score (nSPS) is 11.0. The number of aromatic hydroxyl groups is 1. The molecule has 2 aromatic rings. The van der Waals surface area contributed by atoms with E-state index in [0.717, 1.165) is 42.6 Å². The molecule has 0 aliphatic carbocycles. The van der Waals surface area contributed by atoms with E-state index in [9.17, 15) is 5.11 Å². The van der Waals surface area contributed by atoms with Crippen LogP contribution in [-0.4, -0.2) is 41.6 Å². The number of benzene rings is 1. The first-order valence-corrected chi connectivity index (χ1v) is 8.57. The van der Waals surface area contributed by atoms with Gasteiger partial charge in [0.25, 0.3) is 0 Å². The molecular formula is C17H25IN4OS. The lowest BCUT2D eigenvalue weighted by Gasteiger charge is -2.21. The van der Waals surface area contributed by atoms with Crippen LogP contribution in [0.25, 0.3) is 0 Å². The van der Waals surface area contributed by atoms with Crippen LogP contribution in [0.2, 0.25) is 0 Å². The van der Waals surface area contributed by atoms with Crippen molar-refractivity contribution in [2.24, 2.45) is 4.99 Å². The van der Waals surface area contributed by atoms with E-state index in [2.05, 4.69) is 25.6 Å². The molecular weight excluding hydrogens is 435 g/mol. The Labute approximate surface area is 164 Å². The third-order valence-electron chi connectivity index (χ3n) is 3.50. The zero-order chi connectivity index (χ0) is 16.7. The lowest BCUT2D eigenvalue weighted by Crippen LogP contribution is -2.39. The van der Waals surface area contributed by atoms with Gasteiger partial charge in [-0.1, -0.05) is 12.1 Å². The molecule has 1 aromatic carbocycles. The van der Waals surface area contributed by atoms with Crippen molar-refractivity contribution in [3.63, 3.8) is 0 Å². The number of thiazole rings is 1. The molecule has 0 aliphatic heterocycles. The predicted octanol–water partition coefficient (Wildman–Crippen LogP) is 3.42. The van der Waals surface area contributed by atoms with Crippen LogP contribution in [0, 0.1) is 6.92 Å². The standard InChI is InChI=1S/C17H24N4OS.HI/c1-13-20-15(12-23-13)11-21(3)17(18-2)19-10-4-5-14-6-8-16(22)9-7-14;/h6-9,12,22H,4-5,10-11H2,1-3H3,(H,18,19);1H. The van der Waals surface area contributed by atoms with Gasteiger partial charge in [0, 0.05) is 26.0 Å². The molecule has 0 atom stereocenters. The Hall–Kier alpha value is -1.35. The van der Waals surface area contributed by atoms with Crippen molar-refractivity contribution in [3.05, 3.63) is 45.9 Å². The number of hydrogen-bond donors (Lipinski definition) is 2. The van der Waals surface area contributed by atoms with Crippen molar-refractivity contribution < 1.29 is 5.11 Å². The molecule has 2 N–H and O–H groups in total. The molecule has 0 bridgehead atoms. The van der Waals surface area contributed by atoms with Crippen LogP contribution in [-0.2, 0) is 13.0 Å². The number of nitrogens with one attached hydrogen (secondary N) is 1. The maximum absolute atomic E-state index is 9.28. The number of hydrogen-bond acceptors (Lipinski definition) is 4. The fraction of sp³-hybridized carbons (Fsp3) is 0.412. The summed E-state index contributed by atoms with van der Waals surface area (Å²) in [6.45, 7) is 3.63. The minimum absolute atomic E-state index is 0. The summed E-state index contributed by atoms with van der Waals surface area (Å²) in [6, 6.07) is 7.37. The third-order valence-corrected chi connectivity index (χ3v) is 4.32. The quantitative estimate of drug-likeness (QED) is 0.300. The molecule has 0 unspecified atom stereocenters. The van der Waals surface area contributed by atoms with E-state index in [0.29, 0.717) is 5.75 Å². The highest BCUT2D eigenvalue weighted by Gasteiger charge is 2.08. The molecule has 2 rings (SSSR count). The molecule has 7 heteroatoms. The number of nitrogens with zero attached hydrogens (tertiary/aromatic N) is 3. The van der Waals surface area contributed by atoms with E-state index >= 15 is 0 Å². The van der Waals surface area contributed by atoms with Gasteiger partial charge in [0.05, 0.1) is 17.2 Å². The van der Waals surface area contributed by atoms with Crippen molar-refractivity contribution in [2.75, 3.05) is 20.6 Å². The molecule has 5 nitrogen and oxygen atoms in total. The Morgan fingerprint density at radius 2 is 2.04 bits per heavy atom. The highest BCUT2D eigenvalue weighted by molar-refractivity contribution is 14.0. The van der Waals surface area contributed by atoms with Crippen LogP contribution in [0.3, 0.4) is 0 Å². The second-order valence-electron chi connectivity index (χ2n) is 5.46. The molecule has 1 heterocycles. The Bertz CT molecular complexity index is 642.